The second-order valence-corrected chi connectivity index (χ2v) is 11.3. The third-order valence-corrected chi connectivity index (χ3v) is 7.18. The van der Waals surface area contributed by atoms with E-state index in [-0.39, 0.29) is 55.3 Å². The molecule has 0 amide bonds. The molecule has 0 bridgehead atoms. The minimum atomic E-state index is -1.43. The highest BCUT2D eigenvalue weighted by atomic mass is 16.6. The molecule has 234 valence electrons. The van der Waals surface area contributed by atoms with Crippen molar-refractivity contribution in [1.82, 2.24) is 0 Å². The molecule has 0 rings (SSSR count). The molecule has 0 aromatic carbocycles. The molecule has 8 heteroatoms. The molecule has 8 nitrogen and oxygen atoms in total. The average Bonchev–Trinajstić information content (AvgIpc) is 2.86. The highest BCUT2D eigenvalue weighted by Crippen LogP contribution is 2.24. The monoisotopic (exact) mass is 570 g/mol. The predicted octanol–water partition coefficient (Wildman–Crippen LogP) is 6.12. The molecule has 0 saturated carbocycles. The molecule has 2 atom stereocenters. The van der Waals surface area contributed by atoms with Crippen LogP contribution in [0.4, 0.5) is 0 Å². The van der Waals surface area contributed by atoms with Crippen molar-refractivity contribution in [2.45, 2.75) is 155 Å². The van der Waals surface area contributed by atoms with Crippen LogP contribution in [0.1, 0.15) is 137 Å². The lowest BCUT2D eigenvalue weighted by atomic mass is 9.87. The van der Waals surface area contributed by atoms with Crippen molar-refractivity contribution in [3.8, 4) is 0 Å². The van der Waals surface area contributed by atoms with E-state index < -0.39 is 11.7 Å². The van der Waals surface area contributed by atoms with Crippen LogP contribution in [0.15, 0.2) is 0 Å². The van der Waals surface area contributed by atoms with Gasteiger partial charge < -0.3 is 24.1 Å². The molecule has 0 aliphatic heterocycles. The van der Waals surface area contributed by atoms with Crippen LogP contribution in [0, 0.1) is 0 Å². The van der Waals surface area contributed by atoms with Gasteiger partial charge in [0.15, 0.2) is 5.78 Å². The SMILES string of the molecule is CCCCCCCCC(OCCOCCOC(CC(C)=O)(CC(C)=O)C(C)=O)C(O)CCCCCCCC(C)=O. The summed E-state index contributed by atoms with van der Waals surface area (Å²) < 4.78 is 17.4. The summed E-state index contributed by atoms with van der Waals surface area (Å²) >= 11 is 0. The summed E-state index contributed by atoms with van der Waals surface area (Å²) in [5.74, 6) is -0.530. The van der Waals surface area contributed by atoms with E-state index in [2.05, 4.69) is 6.92 Å². The molecule has 1 N–H and O–H groups in total. The zero-order valence-electron chi connectivity index (χ0n) is 26.1. The number of unbranched alkanes of at least 4 members (excludes halogenated alkanes) is 9. The molecule has 0 aromatic rings. The number of carbonyl (C=O) groups excluding carboxylic acids is 4. The highest BCUT2D eigenvalue weighted by Gasteiger charge is 2.39. The van der Waals surface area contributed by atoms with Crippen LogP contribution in [-0.4, -0.2) is 72.5 Å². The van der Waals surface area contributed by atoms with Gasteiger partial charge in [0.2, 0.25) is 0 Å². The van der Waals surface area contributed by atoms with Gasteiger partial charge in [0.1, 0.15) is 23.0 Å². The van der Waals surface area contributed by atoms with E-state index in [9.17, 15) is 24.3 Å². The molecule has 40 heavy (non-hydrogen) atoms. The van der Waals surface area contributed by atoms with E-state index in [0.717, 1.165) is 51.4 Å². The number of ketones is 4. The number of hydrogen-bond acceptors (Lipinski definition) is 8. The maximum Gasteiger partial charge on any atom is 0.162 e. The Morgan fingerprint density at radius 1 is 0.650 bits per heavy atom. The van der Waals surface area contributed by atoms with Gasteiger partial charge in [0.05, 0.1) is 38.6 Å². The predicted molar refractivity (Wildman–Crippen MR) is 158 cm³/mol. The molecule has 0 radical (unpaired) electrons. The lowest BCUT2D eigenvalue weighted by molar-refractivity contribution is -0.155. The number of rotatable bonds is 29. The number of aliphatic hydroxyl groups is 1. The molecule has 0 heterocycles. The zero-order valence-corrected chi connectivity index (χ0v) is 26.1. The Morgan fingerprint density at radius 2 is 1.18 bits per heavy atom. The van der Waals surface area contributed by atoms with E-state index in [1.807, 2.05) is 0 Å². The van der Waals surface area contributed by atoms with Crippen molar-refractivity contribution in [3.05, 3.63) is 0 Å². The molecule has 0 fully saturated rings. The van der Waals surface area contributed by atoms with Gasteiger partial charge in [0, 0.05) is 19.3 Å². The van der Waals surface area contributed by atoms with E-state index in [1.165, 1.54) is 46.5 Å². The van der Waals surface area contributed by atoms with Crippen LogP contribution >= 0.6 is 0 Å². The standard InChI is InChI=1S/C32H58O8/c1-6-7-8-9-13-16-19-31(30(37)18-15-12-10-11-14-17-26(2)33)39-22-20-38-21-23-40-32(29(5)36,24-27(3)34)25-28(4)35/h30-31,37H,6-25H2,1-5H3. The second-order valence-electron chi connectivity index (χ2n) is 11.3. The average molecular weight is 571 g/mol. The lowest BCUT2D eigenvalue weighted by Crippen LogP contribution is -2.44. The summed E-state index contributed by atoms with van der Waals surface area (Å²) in [6.07, 6.45) is 13.2. The number of hydrogen-bond donors (Lipinski definition) is 1. The van der Waals surface area contributed by atoms with Gasteiger partial charge in [-0.25, -0.2) is 0 Å². The molecule has 0 aliphatic carbocycles. The maximum absolute atomic E-state index is 12.2. The van der Waals surface area contributed by atoms with Crippen molar-refractivity contribution < 1.29 is 38.5 Å². The summed E-state index contributed by atoms with van der Waals surface area (Å²) in [5.41, 5.74) is -1.43. The summed E-state index contributed by atoms with van der Waals surface area (Å²) in [5, 5.41) is 10.8. The fourth-order valence-electron chi connectivity index (χ4n) is 4.93. The van der Waals surface area contributed by atoms with Crippen molar-refractivity contribution in [2.24, 2.45) is 0 Å². The van der Waals surface area contributed by atoms with E-state index in [0.29, 0.717) is 26.1 Å². The fourth-order valence-corrected chi connectivity index (χ4v) is 4.93. The van der Waals surface area contributed by atoms with Crippen LogP contribution in [0.25, 0.3) is 0 Å². The number of Topliss-reactive ketones (excluding diaryl/α,β-unsaturated/α-hetero) is 4. The summed E-state index contributed by atoms with van der Waals surface area (Å²) in [6, 6.07) is 0. The Balaban J connectivity index is 4.55. The first kappa shape index (κ1) is 38.5. The number of carbonyl (C=O) groups is 4. The quantitative estimate of drug-likeness (QED) is 0.107. The van der Waals surface area contributed by atoms with Gasteiger partial charge in [-0.3, -0.25) is 14.4 Å². The first-order valence-electron chi connectivity index (χ1n) is 15.5. The van der Waals surface area contributed by atoms with Gasteiger partial charge >= 0.3 is 0 Å². The van der Waals surface area contributed by atoms with Gasteiger partial charge in [-0.1, -0.05) is 71.1 Å². The van der Waals surface area contributed by atoms with Gasteiger partial charge in [-0.2, -0.15) is 0 Å². The van der Waals surface area contributed by atoms with E-state index in [4.69, 9.17) is 14.2 Å². The smallest absolute Gasteiger partial charge is 0.162 e. The number of aliphatic hydroxyl groups excluding tert-OH is 1. The molecule has 0 saturated heterocycles. The molecular formula is C32H58O8. The second kappa shape index (κ2) is 24.2. The van der Waals surface area contributed by atoms with Crippen molar-refractivity contribution in [2.75, 3.05) is 26.4 Å². The molecule has 0 aliphatic rings. The van der Waals surface area contributed by atoms with Crippen LogP contribution in [0.2, 0.25) is 0 Å². The topological polar surface area (TPSA) is 116 Å². The number of ether oxygens (including phenoxy) is 3. The molecule has 0 spiro atoms. The first-order valence-corrected chi connectivity index (χ1v) is 15.5. The molecule has 2 unspecified atom stereocenters. The maximum atomic E-state index is 12.2. The summed E-state index contributed by atoms with van der Waals surface area (Å²) in [4.78, 5) is 46.7. The van der Waals surface area contributed by atoms with Gasteiger partial charge in [-0.15, -0.1) is 0 Å². The minimum absolute atomic E-state index is 0.0797. The lowest BCUT2D eigenvalue weighted by Gasteiger charge is -2.29. The summed E-state index contributed by atoms with van der Waals surface area (Å²) in [6.45, 7) is 8.85. The Kier molecular flexibility index (Phi) is 23.3. The van der Waals surface area contributed by atoms with E-state index in [1.54, 1.807) is 6.92 Å². The van der Waals surface area contributed by atoms with Gasteiger partial charge in [0.25, 0.3) is 0 Å². The van der Waals surface area contributed by atoms with Crippen molar-refractivity contribution in [1.29, 1.82) is 0 Å². The van der Waals surface area contributed by atoms with Crippen molar-refractivity contribution in [3.63, 3.8) is 0 Å². The Bertz CT molecular complexity index is 689. The Labute approximate surface area is 243 Å². The van der Waals surface area contributed by atoms with Gasteiger partial charge in [-0.05, 0) is 47.0 Å². The van der Waals surface area contributed by atoms with Crippen LogP contribution in [0.5, 0.6) is 0 Å². The largest absolute Gasteiger partial charge is 0.390 e. The zero-order chi connectivity index (χ0) is 30.2. The minimum Gasteiger partial charge on any atom is -0.390 e. The van der Waals surface area contributed by atoms with E-state index >= 15 is 0 Å². The van der Waals surface area contributed by atoms with Crippen LogP contribution in [-0.2, 0) is 33.4 Å². The molecular weight excluding hydrogens is 512 g/mol. The van der Waals surface area contributed by atoms with Crippen LogP contribution < -0.4 is 0 Å². The van der Waals surface area contributed by atoms with Crippen molar-refractivity contribution >= 4 is 23.1 Å². The highest BCUT2D eigenvalue weighted by molar-refractivity contribution is 5.95. The third-order valence-electron chi connectivity index (χ3n) is 7.18. The third kappa shape index (κ3) is 20.4. The molecule has 0 aromatic heterocycles. The first-order chi connectivity index (χ1) is 19.0. The normalized spacial score (nSPS) is 13.2. The Morgan fingerprint density at radius 3 is 1.73 bits per heavy atom. The Hall–Kier alpha value is -1.48. The summed E-state index contributed by atoms with van der Waals surface area (Å²) in [7, 11) is 0. The fraction of sp³-hybridized carbons (Fsp3) is 0.875. The van der Waals surface area contributed by atoms with Crippen LogP contribution in [0.3, 0.4) is 0 Å².